The van der Waals surface area contributed by atoms with Gasteiger partial charge < -0.3 is 4.74 Å². The molecule has 0 saturated heterocycles. The number of benzene rings is 2. The third-order valence-corrected chi connectivity index (χ3v) is 4.25. The average Bonchev–Trinajstić information content (AvgIpc) is 2.97. The highest BCUT2D eigenvalue weighted by Crippen LogP contribution is 2.19. The maximum atomic E-state index is 12.1. The molecule has 1 unspecified atom stereocenters. The molecule has 3 rings (SSSR count). The SMILES string of the molecule is CS(=O)n1ccc2cc(C(=O)OCc3ccccc3)ccc21. The van der Waals surface area contributed by atoms with E-state index in [1.54, 1.807) is 34.6 Å². The summed E-state index contributed by atoms with van der Waals surface area (Å²) in [7, 11) is -1.12. The highest BCUT2D eigenvalue weighted by Gasteiger charge is 2.10. The molecule has 5 heteroatoms. The van der Waals surface area contributed by atoms with E-state index in [1.165, 1.54) is 0 Å². The fraction of sp³-hybridized carbons (Fsp3) is 0.118. The molecule has 3 aromatic rings. The molecular weight excluding hydrogens is 298 g/mol. The second kappa shape index (κ2) is 6.15. The van der Waals surface area contributed by atoms with E-state index in [2.05, 4.69) is 0 Å². The number of carbonyl (C=O) groups is 1. The molecule has 0 aliphatic rings. The summed E-state index contributed by atoms with van der Waals surface area (Å²) in [5.41, 5.74) is 2.27. The molecule has 0 aliphatic carbocycles. The average molecular weight is 313 g/mol. The van der Waals surface area contributed by atoms with Crippen molar-refractivity contribution < 1.29 is 13.7 Å². The maximum Gasteiger partial charge on any atom is 0.338 e. The van der Waals surface area contributed by atoms with Crippen molar-refractivity contribution in [2.24, 2.45) is 0 Å². The van der Waals surface area contributed by atoms with E-state index in [0.717, 1.165) is 16.5 Å². The van der Waals surface area contributed by atoms with Crippen LogP contribution in [0.1, 0.15) is 15.9 Å². The molecule has 1 heterocycles. The third-order valence-electron chi connectivity index (χ3n) is 3.38. The summed E-state index contributed by atoms with van der Waals surface area (Å²) in [4.78, 5) is 12.1. The summed E-state index contributed by atoms with van der Waals surface area (Å²) >= 11 is 0. The van der Waals surface area contributed by atoms with Crippen molar-refractivity contribution in [3.8, 4) is 0 Å². The van der Waals surface area contributed by atoms with E-state index in [4.69, 9.17) is 4.74 Å². The molecule has 0 aliphatic heterocycles. The molecule has 1 aromatic heterocycles. The largest absolute Gasteiger partial charge is 0.457 e. The topological polar surface area (TPSA) is 48.3 Å². The second-order valence-corrected chi connectivity index (χ2v) is 6.14. The highest BCUT2D eigenvalue weighted by molar-refractivity contribution is 7.82. The van der Waals surface area contributed by atoms with Crippen molar-refractivity contribution in [1.29, 1.82) is 0 Å². The number of aromatic nitrogens is 1. The first-order valence-electron chi connectivity index (χ1n) is 6.81. The van der Waals surface area contributed by atoms with Gasteiger partial charge in [0.1, 0.15) is 17.6 Å². The van der Waals surface area contributed by atoms with Gasteiger partial charge >= 0.3 is 5.97 Å². The number of hydrogen-bond acceptors (Lipinski definition) is 3. The fourth-order valence-electron chi connectivity index (χ4n) is 2.27. The lowest BCUT2D eigenvalue weighted by molar-refractivity contribution is 0.0473. The first-order chi connectivity index (χ1) is 10.6. The van der Waals surface area contributed by atoms with Gasteiger partial charge in [-0.15, -0.1) is 0 Å². The molecule has 22 heavy (non-hydrogen) atoms. The van der Waals surface area contributed by atoms with Crippen molar-refractivity contribution in [3.63, 3.8) is 0 Å². The van der Waals surface area contributed by atoms with Gasteiger partial charge in [-0.25, -0.2) is 9.00 Å². The monoisotopic (exact) mass is 313 g/mol. The zero-order valence-electron chi connectivity index (χ0n) is 12.1. The van der Waals surface area contributed by atoms with E-state index in [0.29, 0.717) is 5.56 Å². The van der Waals surface area contributed by atoms with E-state index < -0.39 is 11.0 Å². The first kappa shape index (κ1) is 14.5. The van der Waals surface area contributed by atoms with Crippen LogP contribution in [0.3, 0.4) is 0 Å². The van der Waals surface area contributed by atoms with Crippen LogP contribution in [0, 0.1) is 0 Å². The van der Waals surface area contributed by atoms with Crippen molar-refractivity contribution in [2.45, 2.75) is 6.61 Å². The summed E-state index contributed by atoms with van der Waals surface area (Å²) < 4.78 is 18.6. The van der Waals surface area contributed by atoms with Gasteiger partial charge in [-0.2, -0.15) is 0 Å². The number of rotatable bonds is 4. The molecule has 112 valence electrons. The third kappa shape index (κ3) is 2.94. The summed E-state index contributed by atoms with van der Waals surface area (Å²) in [6, 6.07) is 16.6. The molecule has 1 atom stereocenters. The number of fused-ring (bicyclic) bond motifs is 1. The molecule has 0 bridgehead atoms. The lowest BCUT2D eigenvalue weighted by Crippen LogP contribution is -2.05. The summed E-state index contributed by atoms with van der Waals surface area (Å²) in [5, 5.41) is 0.865. The van der Waals surface area contributed by atoms with Gasteiger partial charge in [-0.3, -0.25) is 3.97 Å². The molecule has 0 saturated carbocycles. The van der Waals surface area contributed by atoms with E-state index in [9.17, 15) is 9.00 Å². The predicted octanol–water partition coefficient (Wildman–Crippen LogP) is 3.14. The van der Waals surface area contributed by atoms with Gasteiger partial charge in [-0.1, -0.05) is 30.3 Å². The predicted molar refractivity (Wildman–Crippen MR) is 87.0 cm³/mol. The molecule has 2 aromatic carbocycles. The standard InChI is InChI=1S/C17H15NO3S/c1-22(20)18-10-9-14-11-15(7-8-16(14)18)17(19)21-12-13-5-3-2-4-6-13/h2-11H,12H2,1H3. The van der Waals surface area contributed by atoms with Crippen molar-refractivity contribution >= 4 is 27.9 Å². The summed E-state index contributed by atoms with van der Waals surface area (Å²) in [6.45, 7) is 0.248. The molecule has 0 radical (unpaired) electrons. The zero-order chi connectivity index (χ0) is 15.5. The lowest BCUT2D eigenvalue weighted by atomic mass is 10.1. The van der Waals surface area contributed by atoms with Crippen LogP contribution in [0.2, 0.25) is 0 Å². The summed E-state index contributed by atoms with van der Waals surface area (Å²) in [5.74, 6) is -0.365. The molecule has 0 N–H and O–H groups in total. The van der Waals surface area contributed by atoms with Gasteiger partial charge in [0.05, 0.1) is 11.1 Å². The Kier molecular flexibility index (Phi) is 4.06. The van der Waals surface area contributed by atoms with Crippen LogP contribution in [0.25, 0.3) is 10.9 Å². The van der Waals surface area contributed by atoms with Gasteiger partial charge in [0, 0.05) is 17.8 Å². The Morgan fingerprint density at radius 3 is 2.64 bits per heavy atom. The number of hydrogen-bond donors (Lipinski definition) is 0. The van der Waals surface area contributed by atoms with Crippen molar-refractivity contribution in [1.82, 2.24) is 3.97 Å². The molecule has 4 nitrogen and oxygen atoms in total. The number of esters is 1. The Morgan fingerprint density at radius 1 is 1.14 bits per heavy atom. The molecule has 0 amide bonds. The Hall–Kier alpha value is -2.40. The quantitative estimate of drug-likeness (QED) is 0.695. The normalized spacial score (nSPS) is 12.2. The Morgan fingerprint density at radius 2 is 1.91 bits per heavy atom. The van der Waals surface area contributed by atoms with Crippen LogP contribution in [-0.2, 0) is 22.3 Å². The van der Waals surface area contributed by atoms with E-state index in [-0.39, 0.29) is 12.6 Å². The lowest BCUT2D eigenvalue weighted by Gasteiger charge is -2.06. The molecule has 0 fully saturated rings. The molecule has 0 spiro atoms. The number of ether oxygens (including phenoxy) is 1. The highest BCUT2D eigenvalue weighted by atomic mass is 32.2. The zero-order valence-corrected chi connectivity index (χ0v) is 12.9. The van der Waals surface area contributed by atoms with Crippen LogP contribution < -0.4 is 0 Å². The van der Waals surface area contributed by atoms with Crippen LogP contribution in [-0.4, -0.2) is 20.4 Å². The fourth-order valence-corrected chi connectivity index (χ4v) is 2.95. The van der Waals surface area contributed by atoms with E-state index >= 15 is 0 Å². The number of nitrogens with zero attached hydrogens (tertiary/aromatic N) is 1. The van der Waals surface area contributed by atoms with Crippen LogP contribution >= 0.6 is 0 Å². The second-order valence-electron chi connectivity index (χ2n) is 4.90. The van der Waals surface area contributed by atoms with Gasteiger partial charge in [-0.05, 0) is 29.8 Å². The van der Waals surface area contributed by atoms with Crippen molar-refractivity contribution in [2.75, 3.05) is 6.26 Å². The first-order valence-corrected chi connectivity index (χ1v) is 8.33. The molecular formula is C17H15NO3S. The van der Waals surface area contributed by atoms with Gasteiger partial charge in [0.15, 0.2) is 0 Å². The number of carbonyl (C=O) groups excluding carboxylic acids is 1. The van der Waals surface area contributed by atoms with Crippen LogP contribution in [0.15, 0.2) is 60.8 Å². The van der Waals surface area contributed by atoms with Gasteiger partial charge in [0.2, 0.25) is 0 Å². The van der Waals surface area contributed by atoms with Crippen LogP contribution in [0.5, 0.6) is 0 Å². The van der Waals surface area contributed by atoms with Gasteiger partial charge in [0.25, 0.3) is 0 Å². The minimum atomic E-state index is -1.12. The van der Waals surface area contributed by atoms with E-state index in [1.807, 2.05) is 36.4 Å². The minimum absolute atomic E-state index is 0.248. The Balaban J connectivity index is 1.78. The minimum Gasteiger partial charge on any atom is -0.457 e. The van der Waals surface area contributed by atoms with Crippen molar-refractivity contribution in [3.05, 3.63) is 71.9 Å². The smallest absolute Gasteiger partial charge is 0.338 e. The summed E-state index contributed by atoms with van der Waals surface area (Å²) in [6.07, 6.45) is 3.36. The Labute approximate surface area is 130 Å². The maximum absolute atomic E-state index is 12.1. The van der Waals surface area contributed by atoms with Crippen LogP contribution in [0.4, 0.5) is 0 Å². The Bertz CT molecular complexity index is 839.